The second-order valence-electron chi connectivity index (χ2n) is 3.39. The van der Waals surface area contributed by atoms with Gasteiger partial charge in [-0.05, 0) is 6.92 Å². The molecule has 0 saturated carbocycles. The van der Waals surface area contributed by atoms with Crippen molar-refractivity contribution < 1.29 is 27.1 Å². The van der Waals surface area contributed by atoms with Gasteiger partial charge in [0.25, 0.3) is 6.43 Å². The summed E-state index contributed by atoms with van der Waals surface area (Å²) in [5, 5.41) is 9.28. The predicted octanol–water partition coefficient (Wildman–Crippen LogP) is 2.82. The lowest BCUT2D eigenvalue weighted by Gasteiger charge is -2.19. The van der Waals surface area contributed by atoms with Crippen LogP contribution in [-0.2, 0) is 6.18 Å². The van der Waals surface area contributed by atoms with Gasteiger partial charge in [0.15, 0.2) is 0 Å². The summed E-state index contributed by atoms with van der Waals surface area (Å²) >= 11 is 0. The Hall–Kier alpha value is -1.73. The second kappa shape index (κ2) is 3.94. The highest BCUT2D eigenvalue weighted by molar-refractivity contribution is 5.75. The van der Waals surface area contributed by atoms with Gasteiger partial charge in [-0.1, -0.05) is 0 Å². The second-order valence-corrected chi connectivity index (χ2v) is 3.39. The van der Waals surface area contributed by atoms with Crippen LogP contribution in [0.3, 0.4) is 0 Å². The number of rotatable bonds is 1. The third-order valence-corrected chi connectivity index (χ3v) is 2.35. The first-order valence-corrected chi connectivity index (χ1v) is 4.34. The third-order valence-electron chi connectivity index (χ3n) is 2.35. The lowest BCUT2D eigenvalue weighted by atomic mass is 9.99. The normalized spacial score (nSPS) is 12.2. The molecule has 3 nitrogen and oxygen atoms in total. The number of phenols is 1. The lowest BCUT2D eigenvalue weighted by molar-refractivity contribution is -0.138. The molecule has 0 saturated heterocycles. The molecule has 0 amide bonds. The van der Waals surface area contributed by atoms with Crippen LogP contribution in [0.5, 0.6) is 5.75 Å². The number of benzene rings is 1. The average Bonchev–Trinajstić information content (AvgIpc) is 2.11. The fraction of sp³-hybridized carbons (Fsp3) is 0.333. The standard InChI is InChI=1S/C9H9F5N2O/c1-2-5(15)3(8(10)11)6(16)4(7(2)17)9(12,13)14/h8,17H,15-16H2,1H3. The molecule has 5 N–H and O–H groups in total. The van der Waals surface area contributed by atoms with E-state index in [0.717, 1.165) is 6.92 Å². The van der Waals surface area contributed by atoms with Crippen LogP contribution in [0.2, 0.25) is 0 Å². The van der Waals surface area contributed by atoms with Crippen LogP contribution in [0.4, 0.5) is 33.3 Å². The van der Waals surface area contributed by atoms with E-state index in [0.29, 0.717) is 0 Å². The van der Waals surface area contributed by atoms with Gasteiger partial charge in [-0.3, -0.25) is 0 Å². The van der Waals surface area contributed by atoms with Crippen molar-refractivity contribution in [3.8, 4) is 5.75 Å². The maximum absolute atomic E-state index is 12.6. The SMILES string of the molecule is Cc1c(N)c(C(F)F)c(N)c(C(F)(F)F)c1O. The van der Waals surface area contributed by atoms with E-state index < -0.39 is 46.4 Å². The first-order valence-electron chi connectivity index (χ1n) is 4.34. The first-order chi connectivity index (χ1) is 7.59. The number of alkyl halides is 5. The van der Waals surface area contributed by atoms with E-state index >= 15 is 0 Å². The Kier molecular flexibility index (Phi) is 3.09. The van der Waals surface area contributed by atoms with Crippen molar-refractivity contribution in [2.24, 2.45) is 0 Å². The number of nitrogens with two attached hydrogens (primary N) is 2. The summed E-state index contributed by atoms with van der Waals surface area (Å²) < 4.78 is 62.7. The number of nitrogen functional groups attached to an aromatic ring is 2. The van der Waals surface area contributed by atoms with E-state index in [9.17, 15) is 27.1 Å². The highest BCUT2D eigenvalue weighted by Crippen LogP contribution is 2.47. The van der Waals surface area contributed by atoms with Crippen molar-refractivity contribution >= 4 is 11.4 Å². The molecular formula is C9H9F5N2O. The predicted molar refractivity (Wildman–Crippen MR) is 51.6 cm³/mol. The molecule has 1 aromatic carbocycles. The zero-order valence-corrected chi connectivity index (χ0v) is 8.57. The van der Waals surface area contributed by atoms with Crippen LogP contribution >= 0.6 is 0 Å². The van der Waals surface area contributed by atoms with Crippen LogP contribution in [0.25, 0.3) is 0 Å². The summed E-state index contributed by atoms with van der Waals surface area (Å²) in [5.74, 6) is -1.23. The van der Waals surface area contributed by atoms with Crippen molar-refractivity contribution in [1.82, 2.24) is 0 Å². The minimum absolute atomic E-state index is 0.471. The number of hydrogen-bond donors (Lipinski definition) is 3. The molecule has 0 aliphatic rings. The highest BCUT2D eigenvalue weighted by atomic mass is 19.4. The molecule has 96 valence electrons. The smallest absolute Gasteiger partial charge is 0.421 e. The van der Waals surface area contributed by atoms with Crippen LogP contribution in [0.15, 0.2) is 0 Å². The monoisotopic (exact) mass is 256 g/mol. The Morgan fingerprint density at radius 1 is 1.12 bits per heavy atom. The number of halogens is 5. The van der Waals surface area contributed by atoms with E-state index in [-0.39, 0.29) is 0 Å². The molecule has 0 aromatic heterocycles. The number of aromatic hydroxyl groups is 1. The van der Waals surface area contributed by atoms with E-state index in [1.807, 2.05) is 0 Å². The topological polar surface area (TPSA) is 72.3 Å². The summed E-state index contributed by atoms with van der Waals surface area (Å²) in [5.41, 5.74) is 5.08. The molecule has 0 fully saturated rings. The number of hydrogen-bond acceptors (Lipinski definition) is 3. The Balaban J connectivity index is 3.75. The van der Waals surface area contributed by atoms with Crippen molar-refractivity contribution in [2.45, 2.75) is 19.5 Å². The van der Waals surface area contributed by atoms with Gasteiger partial charge in [0.2, 0.25) is 0 Å². The molecule has 1 rings (SSSR count). The average molecular weight is 256 g/mol. The molecule has 0 aliphatic heterocycles. The maximum Gasteiger partial charge on any atom is 0.421 e. The van der Waals surface area contributed by atoms with Gasteiger partial charge in [-0.15, -0.1) is 0 Å². The van der Waals surface area contributed by atoms with E-state index in [1.54, 1.807) is 0 Å². The molecule has 1 aromatic rings. The van der Waals surface area contributed by atoms with Crippen LogP contribution in [-0.4, -0.2) is 5.11 Å². The summed E-state index contributed by atoms with van der Waals surface area (Å²) in [4.78, 5) is 0. The molecule has 0 unspecified atom stereocenters. The minimum Gasteiger partial charge on any atom is -0.507 e. The third kappa shape index (κ3) is 2.06. The van der Waals surface area contributed by atoms with Gasteiger partial charge < -0.3 is 16.6 Å². The lowest BCUT2D eigenvalue weighted by Crippen LogP contribution is -2.14. The fourth-order valence-electron chi connectivity index (χ4n) is 1.45. The Morgan fingerprint density at radius 2 is 1.59 bits per heavy atom. The Labute approximate surface area is 92.8 Å². The van der Waals surface area contributed by atoms with Crippen LogP contribution < -0.4 is 11.5 Å². The Morgan fingerprint density at radius 3 is 1.94 bits per heavy atom. The van der Waals surface area contributed by atoms with Crippen molar-refractivity contribution in [1.29, 1.82) is 0 Å². The molecule has 0 atom stereocenters. The summed E-state index contributed by atoms with van der Waals surface area (Å²) in [6.07, 6.45) is -8.29. The molecule has 8 heteroatoms. The van der Waals surface area contributed by atoms with Gasteiger partial charge in [0.1, 0.15) is 11.3 Å². The molecule has 0 heterocycles. The highest BCUT2D eigenvalue weighted by Gasteiger charge is 2.40. The molecule has 0 bridgehead atoms. The Bertz CT molecular complexity index is 456. The van der Waals surface area contributed by atoms with Crippen LogP contribution in [0, 0.1) is 6.92 Å². The molecule has 0 radical (unpaired) electrons. The zero-order chi connectivity index (χ0) is 13.5. The molecular weight excluding hydrogens is 247 g/mol. The summed E-state index contributed by atoms with van der Waals surface area (Å²) in [7, 11) is 0. The molecule has 0 aliphatic carbocycles. The van der Waals surface area contributed by atoms with Crippen molar-refractivity contribution in [3.05, 3.63) is 16.7 Å². The van der Waals surface area contributed by atoms with Gasteiger partial charge in [-0.25, -0.2) is 8.78 Å². The van der Waals surface area contributed by atoms with Crippen LogP contribution in [0.1, 0.15) is 23.1 Å². The fourth-order valence-corrected chi connectivity index (χ4v) is 1.45. The van der Waals surface area contributed by atoms with Gasteiger partial charge in [0, 0.05) is 11.3 Å². The molecule has 0 spiro atoms. The number of anilines is 2. The number of phenolic OH excluding ortho intramolecular Hbond substituents is 1. The van der Waals surface area contributed by atoms with Gasteiger partial charge >= 0.3 is 6.18 Å². The van der Waals surface area contributed by atoms with E-state index in [4.69, 9.17) is 11.5 Å². The van der Waals surface area contributed by atoms with Crippen molar-refractivity contribution in [2.75, 3.05) is 11.5 Å². The largest absolute Gasteiger partial charge is 0.507 e. The van der Waals surface area contributed by atoms with E-state index in [2.05, 4.69) is 0 Å². The zero-order valence-electron chi connectivity index (χ0n) is 8.57. The van der Waals surface area contributed by atoms with E-state index in [1.165, 1.54) is 0 Å². The quantitative estimate of drug-likeness (QED) is 0.534. The van der Waals surface area contributed by atoms with Gasteiger partial charge in [-0.2, -0.15) is 13.2 Å². The first kappa shape index (κ1) is 13.3. The van der Waals surface area contributed by atoms with Crippen molar-refractivity contribution in [3.63, 3.8) is 0 Å². The summed E-state index contributed by atoms with van der Waals surface area (Å²) in [6, 6.07) is 0. The maximum atomic E-state index is 12.6. The molecule has 17 heavy (non-hydrogen) atoms. The van der Waals surface area contributed by atoms with Gasteiger partial charge in [0.05, 0.1) is 11.3 Å². The minimum atomic E-state index is -5.03. The summed E-state index contributed by atoms with van der Waals surface area (Å²) in [6.45, 7) is 1.01.